The maximum Gasteiger partial charge on any atom is 0.161 e. The van der Waals surface area contributed by atoms with Gasteiger partial charge in [0.15, 0.2) is 11.6 Å². The second-order valence-electron chi connectivity index (χ2n) is 35.3. The van der Waals surface area contributed by atoms with Crippen molar-refractivity contribution in [2.75, 3.05) is 0 Å². The fourth-order valence-corrected chi connectivity index (χ4v) is 23.5. The highest BCUT2D eigenvalue weighted by atomic mass is 32.1. The van der Waals surface area contributed by atoms with Crippen molar-refractivity contribution < 1.29 is 4.42 Å². The number of para-hydroxylation sites is 7. The summed E-state index contributed by atoms with van der Waals surface area (Å²) < 4.78 is 18.7. The SMILES string of the molecule is c1cc(-c2nc(-c3cccc4sc5ccccc5c34)c3ccccc3n2)c2ccc(-n3c4ccccc4c4cc5cccc(-n6c7ccccc7c7c8ccccc8ccc76)c5cc43)cc2c1.c1cc(-n2c3ccccc3c3c4ccccc4ccc32)c2cc3c(cc2c1)c1ccccc1n3-c1cccc2c(-c3nc(-c4cccc5oc6ccccc6c45)c4ccccc4n3)cccc12. The van der Waals surface area contributed by atoms with Crippen LogP contribution in [-0.2, 0) is 0 Å². The van der Waals surface area contributed by atoms with Crippen molar-refractivity contribution >= 4 is 227 Å². The van der Waals surface area contributed by atoms with Gasteiger partial charge in [-0.2, -0.15) is 0 Å². The topological polar surface area (TPSA) is 84.4 Å². The van der Waals surface area contributed by atoms with Crippen molar-refractivity contribution in [3.63, 3.8) is 0 Å². The zero-order valence-corrected chi connectivity index (χ0v) is 72.8. The van der Waals surface area contributed by atoms with Crippen molar-refractivity contribution in [2.24, 2.45) is 0 Å². The number of benzene rings is 22. The molecular weight excluding hydrogens is 1650 g/mol. The van der Waals surface area contributed by atoms with Gasteiger partial charge in [0.05, 0.1) is 83.6 Å². The molecule has 0 amide bonds. The maximum atomic E-state index is 6.36. The summed E-state index contributed by atoms with van der Waals surface area (Å²) in [7, 11) is 0. The number of hydrogen-bond acceptors (Lipinski definition) is 6. The summed E-state index contributed by atoms with van der Waals surface area (Å²) in [6, 6.07) is 158. The van der Waals surface area contributed by atoms with Crippen LogP contribution in [0.3, 0.4) is 0 Å². The predicted octanol–water partition coefficient (Wildman–Crippen LogP) is 33.5. The first-order valence-corrected chi connectivity index (χ1v) is 46.5. The maximum absolute atomic E-state index is 6.36. The molecule has 620 valence electrons. The molecule has 10 heteroatoms. The zero-order valence-electron chi connectivity index (χ0n) is 72.0. The van der Waals surface area contributed by atoms with Crippen LogP contribution in [0.1, 0.15) is 0 Å². The lowest BCUT2D eigenvalue weighted by molar-refractivity contribution is 0.669. The Labute approximate surface area is 769 Å². The quantitative estimate of drug-likeness (QED) is 0.151. The second kappa shape index (κ2) is 28.9. The van der Waals surface area contributed by atoms with E-state index in [2.05, 4.69) is 437 Å². The van der Waals surface area contributed by atoms with Gasteiger partial charge in [-0.15, -0.1) is 11.3 Å². The van der Waals surface area contributed by atoms with E-state index in [0.717, 1.165) is 133 Å². The van der Waals surface area contributed by atoms with Crippen molar-refractivity contribution in [3.05, 3.63) is 437 Å². The van der Waals surface area contributed by atoms with E-state index in [9.17, 15) is 0 Å². The molecule has 0 atom stereocenters. The van der Waals surface area contributed by atoms with Crippen LogP contribution in [0, 0.1) is 0 Å². The van der Waals surface area contributed by atoms with Gasteiger partial charge in [0.25, 0.3) is 0 Å². The van der Waals surface area contributed by atoms with Crippen LogP contribution < -0.4 is 0 Å². The summed E-state index contributed by atoms with van der Waals surface area (Å²) in [6.45, 7) is 0. The van der Waals surface area contributed by atoms with Gasteiger partial charge in [-0.1, -0.05) is 309 Å². The number of thiophene rings is 1. The highest BCUT2D eigenvalue weighted by Crippen LogP contribution is 2.49. The Morgan fingerprint density at radius 2 is 0.582 bits per heavy atom. The molecule has 0 N–H and O–H groups in total. The minimum Gasteiger partial charge on any atom is -0.456 e. The lowest BCUT2D eigenvalue weighted by Gasteiger charge is -2.16. The third kappa shape index (κ3) is 11.0. The van der Waals surface area contributed by atoms with Gasteiger partial charge in [-0.05, 0) is 176 Å². The van der Waals surface area contributed by atoms with Crippen molar-refractivity contribution in [3.8, 4) is 68.0 Å². The standard InChI is InChI=1S/C62H36N4O.C62H36N4S/c1-2-17-39-37(15-1)33-34-55-59(39)45-20-5-9-28-53(45)65(55)54-29-11-16-38-35-49-42-18-4-8-27-51(42)66(56(49)36-48(38)54)52-30-13-22-40-41(52)23-12-24-43(40)62-63-50-26-7-3-19-44(50)61(64-62)47-25-14-32-58-60(47)46-21-6-10-31-57(46)67-58;1-2-17-42-37(14-1)30-33-55-59(42)46-20-5-9-26-53(46)66(55)54-27-12-16-39-35-50-43-18-4-8-25-52(43)65(56(50)36-49(39)54)40-31-32-41-38(34-40)15-11-22-44(41)62-63-51-24-7-3-19-45(51)61(64-62)48-23-13-29-58-60(48)47-21-6-10-28-57(47)67-58/h2*1-36H. The van der Waals surface area contributed by atoms with Gasteiger partial charge in [-0.25, -0.2) is 19.9 Å². The largest absolute Gasteiger partial charge is 0.456 e. The number of nitrogens with zero attached hydrogens (tertiary/aromatic N) is 8. The van der Waals surface area contributed by atoms with E-state index in [1.807, 2.05) is 29.5 Å². The molecule has 0 spiro atoms. The highest BCUT2D eigenvalue weighted by Gasteiger charge is 2.27. The van der Waals surface area contributed by atoms with Crippen molar-refractivity contribution in [1.29, 1.82) is 0 Å². The molecular formula is C124H72N8OS. The van der Waals surface area contributed by atoms with E-state index in [1.54, 1.807) is 0 Å². The average molecular weight is 1720 g/mol. The molecule has 8 heterocycles. The van der Waals surface area contributed by atoms with E-state index >= 15 is 0 Å². The smallest absolute Gasteiger partial charge is 0.161 e. The molecule has 30 rings (SSSR count). The Hall–Kier alpha value is -17.7. The Balaban J connectivity index is 0.000000131. The molecule has 30 aromatic rings. The molecule has 0 unspecified atom stereocenters. The summed E-state index contributed by atoms with van der Waals surface area (Å²) in [5.41, 5.74) is 23.5. The van der Waals surface area contributed by atoms with E-state index in [4.69, 9.17) is 24.4 Å². The molecule has 0 bridgehead atoms. The lowest BCUT2D eigenvalue weighted by Crippen LogP contribution is -1.99. The fraction of sp³-hybridized carbons (Fsp3) is 0. The third-order valence-electron chi connectivity index (χ3n) is 28.2. The van der Waals surface area contributed by atoms with Crippen molar-refractivity contribution in [1.82, 2.24) is 38.2 Å². The van der Waals surface area contributed by atoms with Gasteiger partial charge < -0.3 is 22.7 Å². The molecule has 8 aromatic heterocycles. The Morgan fingerprint density at radius 1 is 0.187 bits per heavy atom. The normalized spacial score (nSPS) is 12.2. The molecule has 134 heavy (non-hydrogen) atoms. The number of furan rings is 1. The van der Waals surface area contributed by atoms with E-state index in [-0.39, 0.29) is 0 Å². The van der Waals surface area contributed by atoms with Crippen LogP contribution in [0.15, 0.2) is 441 Å². The lowest BCUT2D eigenvalue weighted by atomic mass is 9.99. The minimum atomic E-state index is 0.679. The Bertz CT molecular complexity index is 10400. The van der Waals surface area contributed by atoms with Crippen LogP contribution in [0.5, 0.6) is 0 Å². The minimum absolute atomic E-state index is 0.679. The van der Waals surface area contributed by atoms with Gasteiger partial charge in [0.2, 0.25) is 0 Å². The summed E-state index contributed by atoms with van der Waals surface area (Å²) in [5, 5.41) is 30.9. The number of hydrogen-bond donors (Lipinski definition) is 0. The molecule has 0 aliphatic rings. The van der Waals surface area contributed by atoms with Crippen LogP contribution in [0.2, 0.25) is 0 Å². The Kier molecular flexibility index (Phi) is 16.0. The summed E-state index contributed by atoms with van der Waals surface area (Å²) in [6.07, 6.45) is 0. The van der Waals surface area contributed by atoms with Crippen LogP contribution in [-0.4, -0.2) is 38.2 Å². The molecule has 0 fully saturated rings. The monoisotopic (exact) mass is 1720 g/mol. The van der Waals surface area contributed by atoms with E-state index < -0.39 is 0 Å². The van der Waals surface area contributed by atoms with E-state index in [0.29, 0.717) is 5.82 Å². The molecule has 22 aromatic carbocycles. The predicted molar refractivity (Wildman–Crippen MR) is 563 cm³/mol. The first-order valence-electron chi connectivity index (χ1n) is 45.6. The van der Waals surface area contributed by atoms with Gasteiger partial charge in [0, 0.05) is 129 Å². The molecule has 0 aliphatic heterocycles. The number of rotatable bonds is 8. The highest BCUT2D eigenvalue weighted by molar-refractivity contribution is 7.26. The third-order valence-corrected chi connectivity index (χ3v) is 29.3. The fourth-order valence-electron chi connectivity index (χ4n) is 22.4. The molecule has 0 saturated carbocycles. The molecule has 0 saturated heterocycles. The summed E-state index contributed by atoms with van der Waals surface area (Å²) >= 11 is 1.83. The zero-order chi connectivity index (χ0) is 87.5. The number of aromatic nitrogens is 8. The molecule has 0 aliphatic carbocycles. The summed E-state index contributed by atoms with van der Waals surface area (Å²) in [4.78, 5) is 21.5. The Morgan fingerprint density at radius 3 is 1.19 bits per heavy atom. The number of fused-ring (bicyclic) bond motifs is 28. The van der Waals surface area contributed by atoms with E-state index in [1.165, 1.54) is 145 Å². The van der Waals surface area contributed by atoms with Gasteiger partial charge in [-0.3, -0.25) is 0 Å². The van der Waals surface area contributed by atoms with Crippen LogP contribution in [0.25, 0.3) is 284 Å². The first kappa shape index (κ1) is 74.3. The molecule has 9 nitrogen and oxygen atoms in total. The van der Waals surface area contributed by atoms with Crippen molar-refractivity contribution in [2.45, 2.75) is 0 Å². The second-order valence-corrected chi connectivity index (χ2v) is 36.4. The molecule has 0 radical (unpaired) electrons. The summed E-state index contributed by atoms with van der Waals surface area (Å²) in [5.74, 6) is 1.40. The van der Waals surface area contributed by atoms with Crippen LogP contribution >= 0.6 is 11.3 Å². The van der Waals surface area contributed by atoms with Gasteiger partial charge >= 0.3 is 0 Å². The van der Waals surface area contributed by atoms with Gasteiger partial charge in [0.1, 0.15) is 11.2 Å². The first-order chi connectivity index (χ1) is 66.5. The average Bonchev–Trinajstić information content (AvgIpc) is 1.57. The van der Waals surface area contributed by atoms with Crippen LogP contribution in [0.4, 0.5) is 0 Å².